The molecule has 1 aliphatic rings. The molecule has 0 aromatic carbocycles. The molecular formula is C9H8O4. The van der Waals surface area contributed by atoms with E-state index >= 15 is 0 Å². The Kier molecular flexibility index (Phi) is 2.67. The molecule has 0 aromatic rings. The fourth-order valence-electron chi connectivity index (χ4n) is 1.02. The van der Waals surface area contributed by atoms with Gasteiger partial charge in [0.1, 0.15) is 17.6 Å². The lowest BCUT2D eigenvalue weighted by atomic mass is 9.95. The first-order chi connectivity index (χ1) is 6.19. The number of carboxylic acids is 1. The molecule has 0 aromatic heterocycles. The van der Waals surface area contributed by atoms with Gasteiger partial charge < -0.3 is 9.84 Å². The number of carbonyl (C=O) groups is 1. The molecule has 0 heterocycles. The monoisotopic (exact) mass is 180 g/mol. The van der Waals surface area contributed by atoms with Gasteiger partial charge in [-0.05, 0) is 12.2 Å². The van der Waals surface area contributed by atoms with Crippen molar-refractivity contribution in [2.24, 2.45) is 5.92 Å². The van der Waals surface area contributed by atoms with Gasteiger partial charge >= 0.3 is 5.97 Å². The first-order valence-electron chi connectivity index (χ1n) is 3.60. The van der Waals surface area contributed by atoms with E-state index in [1.165, 1.54) is 25.3 Å². The second kappa shape index (κ2) is 3.74. The van der Waals surface area contributed by atoms with Gasteiger partial charge in [-0.2, -0.15) is 0 Å². The topological polar surface area (TPSA) is 63.6 Å². The van der Waals surface area contributed by atoms with Gasteiger partial charge in [-0.15, -0.1) is 0 Å². The minimum absolute atomic E-state index is 0.0758. The van der Waals surface area contributed by atoms with Crippen LogP contribution in [0.4, 0.5) is 0 Å². The Morgan fingerprint density at radius 1 is 1.69 bits per heavy atom. The highest BCUT2D eigenvalue weighted by Crippen LogP contribution is 2.20. The number of allylic oxidation sites excluding steroid dienone is 2. The normalized spacial score (nSPS) is 20.5. The number of ether oxygens (including phenoxy) is 1. The zero-order valence-corrected chi connectivity index (χ0v) is 6.98. The number of aliphatic carboxylic acids is 1. The molecule has 1 aliphatic carbocycles. The predicted molar refractivity (Wildman–Crippen MR) is 44.6 cm³/mol. The highest BCUT2D eigenvalue weighted by Gasteiger charge is 2.22. The van der Waals surface area contributed by atoms with Gasteiger partial charge in [0, 0.05) is 0 Å². The van der Waals surface area contributed by atoms with Gasteiger partial charge in [0.25, 0.3) is 0 Å². The van der Waals surface area contributed by atoms with Crippen molar-refractivity contribution in [2.45, 2.75) is 0 Å². The molecule has 0 fully saturated rings. The van der Waals surface area contributed by atoms with E-state index in [1.807, 2.05) is 0 Å². The number of methoxy groups -OCH3 is 1. The first-order valence-corrected chi connectivity index (χ1v) is 3.60. The van der Waals surface area contributed by atoms with Crippen molar-refractivity contribution in [2.75, 3.05) is 7.11 Å². The fraction of sp³-hybridized carbons (Fsp3) is 0.222. The standard InChI is InChI=1S/C9H8O4/c1-13-7-2-3-8(9(11)12)6(4-7)5-10/h2-4,8H,1H3,(H,11,12). The maximum Gasteiger partial charge on any atom is 0.315 e. The molecule has 0 saturated carbocycles. The Hall–Kier alpha value is -1.80. The van der Waals surface area contributed by atoms with Crippen LogP contribution in [0, 0.1) is 5.92 Å². The summed E-state index contributed by atoms with van der Waals surface area (Å²) in [5, 5.41) is 8.68. The van der Waals surface area contributed by atoms with Crippen molar-refractivity contribution in [3.8, 4) is 0 Å². The summed E-state index contributed by atoms with van der Waals surface area (Å²) in [5.74, 6) is 0.0577. The highest BCUT2D eigenvalue weighted by atomic mass is 16.5. The molecule has 1 rings (SSSR count). The lowest BCUT2D eigenvalue weighted by Crippen LogP contribution is -2.15. The van der Waals surface area contributed by atoms with Crippen LogP contribution < -0.4 is 0 Å². The molecule has 1 atom stereocenters. The third kappa shape index (κ3) is 1.86. The molecule has 0 amide bonds. The minimum Gasteiger partial charge on any atom is -0.497 e. The molecule has 1 N–H and O–H groups in total. The maximum absolute atomic E-state index is 10.6. The summed E-state index contributed by atoms with van der Waals surface area (Å²) in [6, 6.07) is 0. The largest absolute Gasteiger partial charge is 0.497 e. The first kappa shape index (κ1) is 9.29. The molecular weight excluding hydrogens is 172 g/mol. The van der Waals surface area contributed by atoms with Crippen LogP contribution in [0.5, 0.6) is 0 Å². The van der Waals surface area contributed by atoms with Crippen LogP contribution in [0.1, 0.15) is 0 Å². The summed E-state index contributed by atoms with van der Waals surface area (Å²) < 4.78 is 4.83. The van der Waals surface area contributed by atoms with Crippen LogP contribution in [0.25, 0.3) is 0 Å². The van der Waals surface area contributed by atoms with Gasteiger partial charge in [0.2, 0.25) is 0 Å². The average Bonchev–Trinajstić information content (AvgIpc) is 2.16. The molecule has 4 heteroatoms. The van der Waals surface area contributed by atoms with Crippen molar-refractivity contribution in [3.63, 3.8) is 0 Å². The second-order valence-electron chi connectivity index (χ2n) is 2.48. The summed E-state index contributed by atoms with van der Waals surface area (Å²) in [6.45, 7) is 0. The fourth-order valence-corrected chi connectivity index (χ4v) is 1.02. The van der Waals surface area contributed by atoms with Crippen molar-refractivity contribution in [1.29, 1.82) is 0 Å². The van der Waals surface area contributed by atoms with Gasteiger partial charge in [0.15, 0.2) is 0 Å². The van der Waals surface area contributed by atoms with E-state index in [1.54, 1.807) is 5.94 Å². The number of hydrogen-bond acceptors (Lipinski definition) is 3. The average molecular weight is 180 g/mol. The van der Waals surface area contributed by atoms with Crippen molar-refractivity contribution >= 4 is 11.9 Å². The van der Waals surface area contributed by atoms with Crippen molar-refractivity contribution < 1.29 is 19.4 Å². The summed E-state index contributed by atoms with van der Waals surface area (Å²) in [6.07, 6.45) is 4.27. The van der Waals surface area contributed by atoms with Crippen LogP contribution in [0.15, 0.2) is 29.6 Å². The van der Waals surface area contributed by atoms with Crippen LogP contribution in [-0.4, -0.2) is 24.1 Å². The van der Waals surface area contributed by atoms with E-state index in [4.69, 9.17) is 9.84 Å². The lowest BCUT2D eigenvalue weighted by Gasteiger charge is -2.11. The quantitative estimate of drug-likeness (QED) is 0.630. The van der Waals surface area contributed by atoms with Crippen LogP contribution in [0.2, 0.25) is 0 Å². The smallest absolute Gasteiger partial charge is 0.315 e. The van der Waals surface area contributed by atoms with Crippen LogP contribution in [-0.2, 0) is 14.3 Å². The Bertz CT molecular complexity index is 332. The van der Waals surface area contributed by atoms with E-state index < -0.39 is 11.9 Å². The molecule has 0 bridgehead atoms. The van der Waals surface area contributed by atoms with Crippen LogP contribution >= 0.6 is 0 Å². The van der Waals surface area contributed by atoms with Crippen molar-refractivity contribution in [3.05, 3.63) is 29.6 Å². The van der Waals surface area contributed by atoms with E-state index in [2.05, 4.69) is 0 Å². The molecule has 0 spiro atoms. The number of carboxylic acid groups (broad SMARTS) is 1. The van der Waals surface area contributed by atoms with Gasteiger partial charge in [-0.3, -0.25) is 4.79 Å². The van der Waals surface area contributed by atoms with Crippen molar-refractivity contribution in [1.82, 2.24) is 0 Å². The lowest BCUT2D eigenvalue weighted by molar-refractivity contribution is -0.138. The zero-order valence-electron chi connectivity index (χ0n) is 6.98. The number of rotatable bonds is 2. The van der Waals surface area contributed by atoms with E-state index in [0.29, 0.717) is 5.76 Å². The molecule has 0 saturated heterocycles. The minimum atomic E-state index is -1.07. The van der Waals surface area contributed by atoms with E-state index in [-0.39, 0.29) is 5.57 Å². The summed E-state index contributed by atoms with van der Waals surface area (Å²) in [5.41, 5.74) is 0.0758. The van der Waals surface area contributed by atoms with E-state index in [0.717, 1.165) is 0 Å². The molecule has 13 heavy (non-hydrogen) atoms. The molecule has 0 aliphatic heterocycles. The van der Waals surface area contributed by atoms with Crippen LogP contribution in [0.3, 0.4) is 0 Å². The summed E-state index contributed by atoms with van der Waals surface area (Å²) >= 11 is 0. The molecule has 68 valence electrons. The summed E-state index contributed by atoms with van der Waals surface area (Å²) in [7, 11) is 1.44. The van der Waals surface area contributed by atoms with Gasteiger partial charge in [0.05, 0.1) is 12.7 Å². The Morgan fingerprint density at radius 2 is 2.38 bits per heavy atom. The highest BCUT2D eigenvalue weighted by molar-refractivity contribution is 5.82. The SMILES string of the molecule is COC1=CC(=C=O)C(C(=O)O)C=C1. The molecule has 4 nitrogen and oxygen atoms in total. The number of carbonyl (C=O) groups excluding carboxylic acids is 1. The summed E-state index contributed by atoms with van der Waals surface area (Å²) in [4.78, 5) is 21.0. The number of hydrogen-bond donors (Lipinski definition) is 1. The Labute approximate surface area is 74.8 Å². The Balaban J connectivity index is 3.00. The third-order valence-corrected chi connectivity index (χ3v) is 1.71. The Morgan fingerprint density at radius 3 is 2.85 bits per heavy atom. The van der Waals surface area contributed by atoms with Gasteiger partial charge in [-0.1, -0.05) is 6.08 Å². The van der Waals surface area contributed by atoms with E-state index in [9.17, 15) is 9.59 Å². The maximum atomic E-state index is 10.6. The molecule has 0 radical (unpaired) electrons. The van der Waals surface area contributed by atoms with Gasteiger partial charge in [-0.25, -0.2) is 4.79 Å². The third-order valence-electron chi connectivity index (χ3n) is 1.71. The predicted octanol–water partition coefficient (Wildman–Crippen LogP) is 0.545. The molecule has 1 unspecified atom stereocenters. The zero-order chi connectivity index (χ0) is 9.84. The second-order valence-corrected chi connectivity index (χ2v) is 2.48.